The van der Waals surface area contributed by atoms with E-state index in [0.717, 1.165) is 38.8 Å². The summed E-state index contributed by atoms with van der Waals surface area (Å²) in [4.78, 5) is 16.4. The van der Waals surface area contributed by atoms with E-state index < -0.39 is 0 Å². The summed E-state index contributed by atoms with van der Waals surface area (Å²) < 4.78 is 0. The SMILES string of the molecule is Cc1cnc2[nH]c3cnc(-c4cccnc4)cc3c2c1. The number of rotatable bonds is 1. The fraction of sp³-hybridized carbons (Fsp3) is 0.0625. The Hall–Kier alpha value is -2.75. The lowest BCUT2D eigenvalue weighted by atomic mass is 10.1. The Morgan fingerprint density at radius 2 is 1.95 bits per heavy atom. The van der Waals surface area contributed by atoms with Crippen LogP contribution in [0.1, 0.15) is 5.56 Å². The van der Waals surface area contributed by atoms with Crippen molar-refractivity contribution in [1.29, 1.82) is 0 Å². The molecule has 0 atom stereocenters. The third kappa shape index (κ3) is 1.66. The standard InChI is InChI=1S/C16H12N4/c1-10-5-13-12-6-14(11-3-2-4-17-8-11)18-9-15(12)20-16(13)19-7-10/h2-9H,1H3,(H,19,20). The number of hydrogen-bond acceptors (Lipinski definition) is 3. The Morgan fingerprint density at radius 1 is 1.00 bits per heavy atom. The predicted octanol–water partition coefficient (Wildman–Crippen LogP) is 3.48. The molecule has 0 aliphatic rings. The van der Waals surface area contributed by atoms with Gasteiger partial charge in [-0.05, 0) is 36.8 Å². The fourth-order valence-electron chi connectivity index (χ4n) is 2.45. The van der Waals surface area contributed by atoms with Crippen LogP contribution in [-0.2, 0) is 0 Å². The second-order valence-electron chi connectivity index (χ2n) is 4.89. The number of fused-ring (bicyclic) bond motifs is 3. The highest BCUT2D eigenvalue weighted by molar-refractivity contribution is 6.06. The first-order valence-electron chi connectivity index (χ1n) is 6.46. The summed E-state index contributed by atoms with van der Waals surface area (Å²) in [6.07, 6.45) is 7.31. The molecule has 0 spiro atoms. The van der Waals surface area contributed by atoms with Crippen molar-refractivity contribution < 1.29 is 0 Å². The molecule has 4 nitrogen and oxygen atoms in total. The number of pyridine rings is 3. The maximum atomic E-state index is 4.50. The largest absolute Gasteiger partial charge is 0.338 e. The molecule has 0 fully saturated rings. The first-order valence-corrected chi connectivity index (χ1v) is 6.46. The molecule has 4 heteroatoms. The summed E-state index contributed by atoms with van der Waals surface area (Å²) >= 11 is 0. The predicted molar refractivity (Wildman–Crippen MR) is 79.4 cm³/mol. The molecule has 4 rings (SSSR count). The van der Waals surface area contributed by atoms with Crippen LogP contribution in [0, 0.1) is 6.92 Å². The molecule has 96 valence electrons. The number of aromatic nitrogens is 4. The molecule has 0 saturated carbocycles. The number of nitrogens with zero attached hydrogens (tertiary/aromatic N) is 3. The summed E-state index contributed by atoms with van der Waals surface area (Å²) in [6.45, 7) is 2.05. The van der Waals surface area contributed by atoms with Gasteiger partial charge in [0, 0.05) is 34.9 Å². The zero-order valence-corrected chi connectivity index (χ0v) is 11.0. The lowest BCUT2D eigenvalue weighted by Gasteiger charge is -2.00. The third-order valence-electron chi connectivity index (χ3n) is 3.43. The summed E-state index contributed by atoms with van der Waals surface area (Å²) in [5.74, 6) is 0. The van der Waals surface area contributed by atoms with E-state index in [-0.39, 0.29) is 0 Å². The van der Waals surface area contributed by atoms with Crippen molar-refractivity contribution in [3.63, 3.8) is 0 Å². The Kier molecular flexibility index (Phi) is 2.29. The monoisotopic (exact) mass is 260 g/mol. The quantitative estimate of drug-likeness (QED) is 0.570. The lowest BCUT2D eigenvalue weighted by Crippen LogP contribution is -1.83. The second kappa shape index (κ2) is 4.13. The molecule has 0 saturated heterocycles. The van der Waals surface area contributed by atoms with Crippen LogP contribution in [0.4, 0.5) is 0 Å². The highest BCUT2D eigenvalue weighted by Gasteiger charge is 2.08. The van der Waals surface area contributed by atoms with Crippen LogP contribution in [0.5, 0.6) is 0 Å². The zero-order chi connectivity index (χ0) is 13.5. The van der Waals surface area contributed by atoms with Gasteiger partial charge in [0.15, 0.2) is 0 Å². The molecular weight excluding hydrogens is 248 g/mol. The van der Waals surface area contributed by atoms with Gasteiger partial charge in [0.05, 0.1) is 17.4 Å². The van der Waals surface area contributed by atoms with Crippen molar-refractivity contribution in [1.82, 2.24) is 19.9 Å². The van der Waals surface area contributed by atoms with E-state index in [4.69, 9.17) is 0 Å². The van der Waals surface area contributed by atoms with E-state index in [9.17, 15) is 0 Å². The third-order valence-corrected chi connectivity index (χ3v) is 3.43. The Labute approximate surface area is 115 Å². The summed E-state index contributed by atoms with van der Waals surface area (Å²) in [5, 5.41) is 2.28. The van der Waals surface area contributed by atoms with Crippen LogP contribution in [0.2, 0.25) is 0 Å². The highest BCUT2D eigenvalue weighted by atomic mass is 14.9. The lowest BCUT2D eigenvalue weighted by molar-refractivity contribution is 1.28. The van der Waals surface area contributed by atoms with Crippen LogP contribution in [0.15, 0.2) is 49.1 Å². The molecule has 0 aliphatic heterocycles. The number of hydrogen-bond donors (Lipinski definition) is 1. The van der Waals surface area contributed by atoms with Crippen molar-refractivity contribution in [3.05, 3.63) is 54.6 Å². The number of aryl methyl sites for hydroxylation is 1. The normalized spacial score (nSPS) is 11.2. The van der Waals surface area contributed by atoms with E-state index >= 15 is 0 Å². The minimum absolute atomic E-state index is 0.899. The Bertz CT molecular complexity index is 910. The molecule has 4 aromatic heterocycles. The Balaban J connectivity index is 2.03. The summed E-state index contributed by atoms with van der Waals surface area (Å²) in [6, 6.07) is 8.17. The summed E-state index contributed by atoms with van der Waals surface area (Å²) in [5.41, 5.74) is 5.00. The van der Waals surface area contributed by atoms with E-state index in [2.05, 4.69) is 39.0 Å². The maximum absolute atomic E-state index is 4.50. The smallest absolute Gasteiger partial charge is 0.138 e. The molecule has 0 unspecified atom stereocenters. The van der Waals surface area contributed by atoms with Crippen LogP contribution < -0.4 is 0 Å². The average molecular weight is 260 g/mol. The maximum Gasteiger partial charge on any atom is 0.138 e. The van der Waals surface area contributed by atoms with Crippen molar-refractivity contribution >= 4 is 21.9 Å². The molecule has 0 aliphatic carbocycles. The molecule has 4 heterocycles. The van der Waals surface area contributed by atoms with Crippen molar-refractivity contribution in [3.8, 4) is 11.3 Å². The number of nitrogens with one attached hydrogen (secondary N) is 1. The van der Waals surface area contributed by atoms with Gasteiger partial charge in [0.25, 0.3) is 0 Å². The van der Waals surface area contributed by atoms with E-state index in [0.29, 0.717) is 0 Å². The molecule has 0 amide bonds. The van der Waals surface area contributed by atoms with Gasteiger partial charge >= 0.3 is 0 Å². The van der Waals surface area contributed by atoms with Gasteiger partial charge in [-0.2, -0.15) is 0 Å². The van der Waals surface area contributed by atoms with Crippen LogP contribution >= 0.6 is 0 Å². The average Bonchev–Trinajstić information content (AvgIpc) is 2.85. The van der Waals surface area contributed by atoms with Gasteiger partial charge in [-0.1, -0.05) is 0 Å². The minimum atomic E-state index is 0.899. The van der Waals surface area contributed by atoms with Gasteiger partial charge in [0.2, 0.25) is 0 Å². The molecule has 20 heavy (non-hydrogen) atoms. The van der Waals surface area contributed by atoms with E-state index in [1.807, 2.05) is 30.7 Å². The van der Waals surface area contributed by atoms with Gasteiger partial charge < -0.3 is 4.98 Å². The molecule has 0 bridgehead atoms. The minimum Gasteiger partial charge on any atom is -0.338 e. The Morgan fingerprint density at radius 3 is 2.80 bits per heavy atom. The van der Waals surface area contributed by atoms with Crippen molar-refractivity contribution in [2.45, 2.75) is 6.92 Å². The number of aromatic amines is 1. The second-order valence-corrected chi connectivity index (χ2v) is 4.89. The van der Waals surface area contributed by atoms with E-state index in [1.165, 1.54) is 0 Å². The van der Waals surface area contributed by atoms with Gasteiger partial charge in [-0.15, -0.1) is 0 Å². The van der Waals surface area contributed by atoms with Crippen molar-refractivity contribution in [2.24, 2.45) is 0 Å². The van der Waals surface area contributed by atoms with Crippen molar-refractivity contribution in [2.75, 3.05) is 0 Å². The zero-order valence-electron chi connectivity index (χ0n) is 11.0. The topological polar surface area (TPSA) is 54.5 Å². The first-order chi connectivity index (χ1) is 9.81. The molecular formula is C16H12N4. The van der Waals surface area contributed by atoms with Gasteiger partial charge in [0.1, 0.15) is 5.65 Å². The van der Waals surface area contributed by atoms with Crippen LogP contribution in [-0.4, -0.2) is 19.9 Å². The molecule has 4 aromatic rings. The summed E-state index contributed by atoms with van der Waals surface area (Å²) in [7, 11) is 0. The van der Waals surface area contributed by atoms with Gasteiger partial charge in [-0.3, -0.25) is 9.97 Å². The first kappa shape index (κ1) is 11.1. The van der Waals surface area contributed by atoms with Gasteiger partial charge in [-0.25, -0.2) is 4.98 Å². The van der Waals surface area contributed by atoms with E-state index in [1.54, 1.807) is 6.20 Å². The van der Waals surface area contributed by atoms with Crippen LogP contribution in [0.25, 0.3) is 33.2 Å². The number of H-pyrrole nitrogens is 1. The fourth-order valence-corrected chi connectivity index (χ4v) is 2.45. The molecule has 0 aromatic carbocycles. The molecule has 1 N–H and O–H groups in total. The molecule has 0 radical (unpaired) electrons. The highest BCUT2D eigenvalue weighted by Crippen LogP contribution is 2.27. The van der Waals surface area contributed by atoms with Crippen LogP contribution in [0.3, 0.4) is 0 Å².